The lowest BCUT2D eigenvalue weighted by Crippen LogP contribution is -2.46. The normalized spacial score (nSPS) is 15.8. The van der Waals surface area contributed by atoms with Crippen LogP contribution in [-0.2, 0) is 6.54 Å². The van der Waals surface area contributed by atoms with Crippen molar-refractivity contribution in [2.45, 2.75) is 26.3 Å². The molecule has 6 heteroatoms. The van der Waals surface area contributed by atoms with Gasteiger partial charge in [0.25, 0.3) is 0 Å². The molecule has 2 aromatic rings. The maximum atomic E-state index is 5.11. The Kier molecular flexibility index (Phi) is 5.25. The average molecular weight is 327 g/mol. The highest BCUT2D eigenvalue weighted by atomic mass is 16.5. The molecule has 0 N–H and O–H groups in total. The minimum Gasteiger partial charge on any atom is -0.481 e. The van der Waals surface area contributed by atoms with Gasteiger partial charge >= 0.3 is 0 Å². The van der Waals surface area contributed by atoms with E-state index in [1.807, 2.05) is 24.5 Å². The summed E-state index contributed by atoms with van der Waals surface area (Å²) in [5.74, 6) is 2.97. The molecular formula is C18H25N5O. The van der Waals surface area contributed by atoms with Crippen LogP contribution in [0.15, 0.2) is 30.6 Å². The molecule has 0 amide bonds. The van der Waals surface area contributed by atoms with E-state index in [9.17, 15) is 0 Å². The molecule has 1 aliphatic heterocycles. The summed E-state index contributed by atoms with van der Waals surface area (Å²) in [6.07, 6.45) is 3.76. The van der Waals surface area contributed by atoms with Gasteiger partial charge in [-0.3, -0.25) is 4.90 Å². The van der Waals surface area contributed by atoms with Crippen LogP contribution in [0, 0.1) is 0 Å². The van der Waals surface area contributed by atoms with Crippen molar-refractivity contribution in [2.24, 2.45) is 0 Å². The molecule has 0 spiro atoms. The molecule has 0 atom stereocenters. The molecule has 0 unspecified atom stereocenters. The average Bonchev–Trinajstić information content (AvgIpc) is 2.63. The molecule has 1 fully saturated rings. The van der Waals surface area contributed by atoms with E-state index in [0.717, 1.165) is 44.4 Å². The highest BCUT2D eigenvalue weighted by Gasteiger charge is 2.19. The lowest BCUT2D eigenvalue weighted by Gasteiger charge is -2.35. The van der Waals surface area contributed by atoms with Crippen LogP contribution in [0.5, 0.6) is 5.88 Å². The number of anilines is 1. The summed E-state index contributed by atoms with van der Waals surface area (Å²) < 4.78 is 5.11. The van der Waals surface area contributed by atoms with Crippen LogP contribution >= 0.6 is 0 Å². The molecule has 0 aromatic carbocycles. The van der Waals surface area contributed by atoms with Crippen molar-refractivity contribution in [1.82, 2.24) is 19.9 Å². The highest BCUT2D eigenvalue weighted by molar-refractivity contribution is 5.38. The van der Waals surface area contributed by atoms with Crippen LogP contribution in [0.25, 0.3) is 0 Å². The van der Waals surface area contributed by atoms with E-state index >= 15 is 0 Å². The maximum absolute atomic E-state index is 5.11. The van der Waals surface area contributed by atoms with Gasteiger partial charge in [-0.25, -0.2) is 15.0 Å². The van der Waals surface area contributed by atoms with E-state index in [-0.39, 0.29) is 0 Å². The maximum Gasteiger partial charge on any atom is 0.212 e. The monoisotopic (exact) mass is 327 g/mol. The van der Waals surface area contributed by atoms with Crippen molar-refractivity contribution in [1.29, 1.82) is 0 Å². The van der Waals surface area contributed by atoms with E-state index in [1.165, 1.54) is 5.56 Å². The minimum absolute atomic E-state index is 0.355. The van der Waals surface area contributed by atoms with Gasteiger partial charge in [0.1, 0.15) is 11.6 Å². The van der Waals surface area contributed by atoms with Crippen LogP contribution in [0.3, 0.4) is 0 Å². The number of ether oxygens (including phenoxy) is 1. The van der Waals surface area contributed by atoms with Crippen LogP contribution in [0.4, 0.5) is 5.82 Å². The predicted molar refractivity (Wildman–Crippen MR) is 94.4 cm³/mol. The topological polar surface area (TPSA) is 54.4 Å². The molecule has 3 rings (SSSR count). The molecule has 6 nitrogen and oxygen atoms in total. The zero-order valence-corrected chi connectivity index (χ0v) is 14.6. The number of nitrogens with zero attached hydrogens (tertiary/aromatic N) is 5. The molecule has 0 radical (unpaired) electrons. The standard InChI is InChI=1S/C18H25N5O/c1-14(2)18-19-7-6-16(21-18)23-10-8-22(9-11-23)13-15-4-5-17(24-3)20-12-15/h4-7,12,14H,8-11,13H2,1-3H3. The summed E-state index contributed by atoms with van der Waals surface area (Å²) in [7, 11) is 1.64. The van der Waals surface area contributed by atoms with E-state index in [0.29, 0.717) is 11.8 Å². The summed E-state index contributed by atoms with van der Waals surface area (Å²) in [6.45, 7) is 9.18. The molecule has 2 aromatic heterocycles. The van der Waals surface area contributed by atoms with E-state index in [4.69, 9.17) is 9.72 Å². The third kappa shape index (κ3) is 4.00. The van der Waals surface area contributed by atoms with Crippen LogP contribution in [-0.4, -0.2) is 53.1 Å². The Labute approximate surface area is 143 Å². The minimum atomic E-state index is 0.355. The van der Waals surface area contributed by atoms with Gasteiger partial charge in [-0.2, -0.15) is 0 Å². The van der Waals surface area contributed by atoms with Gasteiger partial charge in [-0.05, 0) is 11.6 Å². The van der Waals surface area contributed by atoms with Crippen molar-refractivity contribution >= 4 is 5.82 Å². The molecule has 128 valence electrons. The summed E-state index contributed by atoms with van der Waals surface area (Å²) >= 11 is 0. The van der Waals surface area contributed by atoms with E-state index < -0.39 is 0 Å². The molecule has 0 saturated carbocycles. The Balaban J connectivity index is 1.56. The van der Waals surface area contributed by atoms with Crippen LogP contribution in [0.1, 0.15) is 31.2 Å². The smallest absolute Gasteiger partial charge is 0.212 e. The summed E-state index contributed by atoms with van der Waals surface area (Å²) in [5, 5.41) is 0. The first-order valence-electron chi connectivity index (χ1n) is 8.45. The quantitative estimate of drug-likeness (QED) is 0.840. The van der Waals surface area contributed by atoms with E-state index in [1.54, 1.807) is 7.11 Å². The fourth-order valence-electron chi connectivity index (χ4n) is 2.84. The second-order valence-corrected chi connectivity index (χ2v) is 6.40. The molecule has 1 aliphatic rings. The van der Waals surface area contributed by atoms with Crippen molar-refractivity contribution in [2.75, 3.05) is 38.2 Å². The SMILES string of the molecule is COc1ccc(CN2CCN(c3ccnc(C(C)C)n3)CC2)cn1. The van der Waals surface area contributed by atoms with Gasteiger partial charge in [0.2, 0.25) is 5.88 Å². The summed E-state index contributed by atoms with van der Waals surface area (Å²) in [6, 6.07) is 6.01. The summed E-state index contributed by atoms with van der Waals surface area (Å²) in [5.41, 5.74) is 1.22. The number of pyridine rings is 1. The molecule has 3 heterocycles. The van der Waals surface area contributed by atoms with Crippen molar-refractivity contribution in [3.8, 4) is 5.88 Å². The number of rotatable bonds is 5. The first-order chi connectivity index (χ1) is 11.7. The second-order valence-electron chi connectivity index (χ2n) is 6.40. The van der Waals surface area contributed by atoms with Gasteiger partial charge in [0, 0.05) is 57.1 Å². The highest BCUT2D eigenvalue weighted by Crippen LogP contribution is 2.17. The van der Waals surface area contributed by atoms with Gasteiger partial charge in [-0.1, -0.05) is 19.9 Å². The van der Waals surface area contributed by atoms with Crippen LogP contribution < -0.4 is 9.64 Å². The zero-order chi connectivity index (χ0) is 16.9. The van der Waals surface area contributed by atoms with Gasteiger partial charge < -0.3 is 9.64 Å². The fourth-order valence-corrected chi connectivity index (χ4v) is 2.84. The van der Waals surface area contributed by atoms with Crippen molar-refractivity contribution in [3.63, 3.8) is 0 Å². The number of hydrogen-bond acceptors (Lipinski definition) is 6. The fraction of sp³-hybridized carbons (Fsp3) is 0.500. The first-order valence-corrected chi connectivity index (χ1v) is 8.45. The summed E-state index contributed by atoms with van der Waals surface area (Å²) in [4.78, 5) is 18.1. The van der Waals surface area contributed by atoms with Crippen molar-refractivity contribution in [3.05, 3.63) is 42.0 Å². The number of hydrogen-bond donors (Lipinski definition) is 0. The van der Waals surface area contributed by atoms with Crippen LogP contribution in [0.2, 0.25) is 0 Å². The molecule has 0 aliphatic carbocycles. The second kappa shape index (κ2) is 7.57. The molecule has 1 saturated heterocycles. The Morgan fingerprint density at radius 1 is 1.08 bits per heavy atom. The Bertz CT molecular complexity index is 651. The van der Waals surface area contributed by atoms with Gasteiger partial charge in [0.05, 0.1) is 7.11 Å². The Morgan fingerprint density at radius 3 is 2.50 bits per heavy atom. The third-order valence-corrected chi connectivity index (χ3v) is 4.29. The van der Waals surface area contributed by atoms with E-state index in [2.05, 4.69) is 39.7 Å². The first kappa shape index (κ1) is 16.6. The molecular weight excluding hydrogens is 302 g/mol. The molecule has 24 heavy (non-hydrogen) atoms. The number of piperazine rings is 1. The predicted octanol–water partition coefficient (Wildman–Crippen LogP) is 2.33. The number of aromatic nitrogens is 3. The number of methoxy groups -OCH3 is 1. The van der Waals surface area contributed by atoms with Gasteiger partial charge in [0.15, 0.2) is 0 Å². The Hall–Kier alpha value is -2.21. The lowest BCUT2D eigenvalue weighted by molar-refractivity contribution is 0.249. The molecule has 0 bridgehead atoms. The van der Waals surface area contributed by atoms with Gasteiger partial charge in [-0.15, -0.1) is 0 Å². The third-order valence-electron chi connectivity index (χ3n) is 4.29. The zero-order valence-electron chi connectivity index (χ0n) is 14.6. The Morgan fingerprint density at radius 2 is 1.88 bits per heavy atom. The lowest BCUT2D eigenvalue weighted by atomic mass is 10.2. The van der Waals surface area contributed by atoms with Crippen molar-refractivity contribution < 1.29 is 4.74 Å². The largest absolute Gasteiger partial charge is 0.481 e.